The molecule has 0 N–H and O–H groups in total. The number of aromatic nitrogens is 2. The number of Topliss-reactive ketones (excluding diaryl/α,β-unsaturated/α-hetero) is 1. The van der Waals surface area contributed by atoms with Crippen molar-refractivity contribution in [2.75, 3.05) is 0 Å². The topological polar surface area (TPSA) is 34.9 Å². The van der Waals surface area contributed by atoms with Gasteiger partial charge in [-0.2, -0.15) is 5.10 Å². The summed E-state index contributed by atoms with van der Waals surface area (Å²) in [5, 5.41) is 5.55. The molecule has 0 spiro atoms. The van der Waals surface area contributed by atoms with E-state index in [0.717, 1.165) is 30.0 Å². The molecule has 1 aliphatic rings. The van der Waals surface area contributed by atoms with E-state index in [0.29, 0.717) is 5.78 Å². The maximum Gasteiger partial charge on any atom is 0.146 e. The first kappa shape index (κ1) is 10.7. The van der Waals surface area contributed by atoms with Gasteiger partial charge in [0.2, 0.25) is 0 Å². The Hall–Kier alpha value is -0.770. The van der Waals surface area contributed by atoms with Gasteiger partial charge in [-0.25, -0.2) is 0 Å². The third kappa shape index (κ3) is 2.43. The van der Waals surface area contributed by atoms with Crippen LogP contribution in [-0.2, 0) is 11.8 Å². The van der Waals surface area contributed by atoms with Crippen LogP contribution in [0.4, 0.5) is 0 Å². The molecule has 1 aromatic rings. The van der Waals surface area contributed by atoms with Gasteiger partial charge in [0.1, 0.15) is 5.78 Å². The molecule has 82 valence electrons. The molecule has 1 heterocycles. The molecule has 1 aliphatic carbocycles. The van der Waals surface area contributed by atoms with Crippen LogP contribution in [0.15, 0.2) is 11.1 Å². The number of hydrogen-bond acceptors (Lipinski definition) is 3. The van der Waals surface area contributed by atoms with Crippen LogP contribution in [0.5, 0.6) is 0 Å². The second-order valence-corrected chi connectivity index (χ2v) is 5.29. The molecule has 1 fully saturated rings. The standard InChI is InChI=1S/C11H16N2OS/c1-8-7-11(13(2)12-8)15-10-6-4-3-5-9(10)14/h7,10H,3-6H2,1-2H3. The summed E-state index contributed by atoms with van der Waals surface area (Å²) in [6.45, 7) is 1.98. The predicted molar refractivity (Wildman–Crippen MR) is 61.1 cm³/mol. The lowest BCUT2D eigenvalue weighted by Gasteiger charge is -2.19. The molecule has 4 heteroatoms. The van der Waals surface area contributed by atoms with Crippen molar-refractivity contribution in [3.05, 3.63) is 11.8 Å². The normalized spacial score (nSPS) is 22.0. The molecule has 3 nitrogen and oxygen atoms in total. The third-order valence-corrected chi connectivity index (χ3v) is 4.13. The predicted octanol–water partition coefficient (Wildman–Crippen LogP) is 2.33. The van der Waals surface area contributed by atoms with E-state index in [1.165, 1.54) is 6.42 Å². The molecular formula is C11H16N2OS. The Morgan fingerprint density at radius 2 is 2.33 bits per heavy atom. The number of thioether (sulfide) groups is 1. The molecule has 15 heavy (non-hydrogen) atoms. The highest BCUT2D eigenvalue weighted by atomic mass is 32.2. The van der Waals surface area contributed by atoms with Crippen LogP contribution in [0, 0.1) is 6.92 Å². The monoisotopic (exact) mass is 224 g/mol. The molecule has 0 amide bonds. The molecule has 0 radical (unpaired) electrons. The van der Waals surface area contributed by atoms with Crippen molar-refractivity contribution in [3.8, 4) is 0 Å². The highest BCUT2D eigenvalue weighted by Crippen LogP contribution is 2.31. The Kier molecular flexibility index (Phi) is 3.14. The first-order chi connectivity index (χ1) is 7.16. The molecule has 0 bridgehead atoms. The zero-order valence-electron chi connectivity index (χ0n) is 9.19. The fourth-order valence-corrected chi connectivity index (χ4v) is 3.18. The number of ketones is 1. The SMILES string of the molecule is Cc1cc(SC2CCCCC2=O)n(C)n1. The summed E-state index contributed by atoms with van der Waals surface area (Å²) in [6.07, 6.45) is 4.03. The van der Waals surface area contributed by atoms with Crippen LogP contribution >= 0.6 is 11.8 Å². The summed E-state index contributed by atoms with van der Waals surface area (Å²) < 4.78 is 1.86. The number of rotatable bonds is 2. The van der Waals surface area contributed by atoms with E-state index in [-0.39, 0.29) is 5.25 Å². The van der Waals surface area contributed by atoms with Gasteiger partial charge >= 0.3 is 0 Å². The number of carbonyl (C=O) groups excluding carboxylic acids is 1. The summed E-state index contributed by atoms with van der Waals surface area (Å²) in [5.74, 6) is 0.408. The number of carbonyl (C=O) groups is 1. The molecule has 1 atom stereocenters. The van der Waals surface area contributed by atoms with Crippen molar-refractivity contribution in [1.29, 1.82) is 0 Å². The van der Waals surface area contributed by atoms with Crippen LogP contribution in [0.2, 0.25) is 0 Å². The average Bonchev–Trinajstić information content (AvgIpc) is 2.49. The van der Waals surface area contributed by atoms with Gasteiger partial charge in [-0.15, -0.1) is 0 Å². The lowest BCUT2D eigenvalue weighted by Crippen LogP contribution is -2.21. The maximum atomic E-state index is 11.7. The number of hydrogen-bond donors (Lipinski definition) is 0. The van der Waals surface area contributed by atoms with Gasteiger partial charge < -0.3 is 0 Å². The summed E-state index contributed by atoms with van der Waals surface area (Å²) in [5.41, 5.74) is 1.02. The van der Waals surface area contributed by atoms with Crippen LogP contribution in [0.25, 0.3) is 0 Å². The Bertz CT molecular complexity index is 373. The fourth-order valence-electron chi connectivity index (χ4n) is 1.92. The molecule has 1 unspecified atom stereocenters. The van der Waals surface area contributed by atoms with Gasteiger partial charge in [0.15, 0.2) is 0 Å². The van der Waals surface area contributed by atoms with Crippen molar-refractivity contribution in [2.24, 2.45) is 7.05 Å². The molecule has 1 saturated carbocycles. The number of aryl methyl sites for hydroxylation is 2. The lowest BCUT2D eigenvalue weighted by molar-refractivity contribution is -0.119. The first-order valence-electron chi connectivity index (χ1n) is 5.37. The second-order valence-electron chi connectivity index (χ2n) is 4.07. The largest absolute Gasteiger partial charge is 0.298 e. The summed E-state index contributed by atoms with van der Waals surface area (Å²) in [6, 6.07) is 2.05. The summed E-state index contributed by atoms with van der Waals surface area (Å²) >= 11 is 1.67. The Morgan fingerprint density at radius 3 is 2.93 bits per heavy atom. The first-order valence-corrected chi connectivity index (χ1v) is 6.25. The fraction of sp³-hybridized carbons (Fsp3) is 0.636. The van der Waals surface area contributed by atoms with Crippen molar-refractivity contribution in [2.45, 2.75) is 42.9 Å². The number of nitrogens with zero attached hydrogens (tertiary/aromatic N) is 2. The van der Waals surface area contributed by atoms with Crippen LogP contribution in [-0.4, -0.2) is 20.8 Å². The molecule has 0 aromatic carbocycles. The van der Waals surface area contributed by atoms with E-state index in [1.54, 1.807) is 11.8 Å². The van der Waals surface area contributed by atoms with Crippen LogP contribution in [0.1, 0.15) is 31.4 Å². The highest BCUT2D eigenvalue weighted by molar-refractivity contribution is 8.00. The zero-order valence-corrected chi connectivity index (χ0v) is 10.0. The minimum Gasteiger partial charge on any atom is -0.298 e. The van der Waals surface area contributed by atoms with E-state index >= 15 is 0 Å². The molecule has 0 saturated heterocycles. The van der Waals surface area contributed by atoms with Gasteiger partial charge in [-0.1, -0.05) is 18.2 Å². The zero-order chi connectivity index (χ0) is 10.8. The third-order valence-electron chi connectivity index (χ3n) is 2.72. The van der Waals surface area contributed by atoms with Gasteiger partial charge in [0.05, 0.1) is 16.0 Å². The summed E-state index contributed by atoms with van der Waals surface area (Å²) in [4.78, 5) is 11.7. The molecular weight excluding hydrogens is 208 g/mol. The molecule has 0 aliphatic heterocycles. The van der Waals surface area contributed by atoms with Crippen molar-refractivity contribution in [1.82, 2.24) is 9.78 Å². The minimum atomic E-state index is 0.161. The van der Waals surface area contributed by atoms with E-state index < -0.39 is 0 Å². The van der Waals surface area contributed by atoms with Gasteiger partial charge in [-0.05, 0) is 25.8 Å². The van der Waals surface area contributed by atoms with E-state index in [4.69, 9.17) is 0 Å². The van der Waals surface area contributed by atoms with Crippen LogP contribution < -0.4 is 0 Å². The Balaban J connectivity index is 2.07. The second kappa shape index (κ2) is 4.39. The quantitative estimate of drug-likeness (QED) is 0.773. The van der Waals surface area contributed by atoms with Crippen molar-refractivity contribution in [3.63, 3.8) is 0 Å². The van der Waals surface area contributed by atoms with Crippen molar-refractivity contribution < 1.29 is 4.79 Å². The average molecular weight is 224 g/mol. The highest BCUT2D eigenvalue weighted by Gasteiger charge is 2.24. The lowest BCUT2D eigenvalue weighted by atomic mass is 9.99. The van der Waals surface area contributed by atoms with Crippen molar-refractivity contribution >= 4 is 17.5 Å². The van der Waals surface area contributed by atoms with Gasteiger partial charge in [-0.3, -0.25) is 9.48 Å². The smallest absolute Gasteiger partial charge is 0.146 e. The molecule has 1 aromatic heterocycles. The van der Waals surface area contributed by atoms with E-state index in [1.807, 2.05) is 24.7 Å². The van der Waals surface area contributed by atoms with E-state index in [9.17, 15) is 4.79 Å². The van der Waals surface area contributed by atoms with Gasteiger partial charge in [0, 0.05) is 13.5 Å². The Morgan fingerprint density at radius 1 is 1.53 bits per heavy atom. The minimum absolute atomic E-state index is 0.161. The maximum absolute atomic E-state index is 11.7. The Labute approximate surface area is 94.2 Å². The van der Waals surface area contributed by atoms with Gasteiger partial charge in [0.25, 0.3) is 0 Å². The van der Waals surface area contributed by atoms with Crippen LogP contribution in [0.3, 0.4) is 0 Å². The summed E-state index contributed by atoms with van der Waals surface area (Å²) in [7, 11) is 1.93. The molecule has 2 rings (SSSR count). The van der Waals surface area contributed by atoms with E-state index in [2.05, 4.69) is 5.10 Å².